The van der Waals surface area contributed by atoms with Crippen molar-refractivity contribution >= 4 is 40.5 Å². The first-order valence-corrected chi connectivity index (χ1v) is 9.36. The van der Waals surface area contributed by atoms with Crippen molar-refractivity contribution in [1.82, 2.24) is 9.97 Å². The number of carbonyl (C=O) groups is 1. The Balaban J connectivity index is 1.70. The van der Waals surface area contributed by atoms with Crippen LogP contribution in [0, 0.1) is 0 Å². The fraction of sp³-hybridized carbons (Fsp3) is 0.150. The van der Waals surface area contributed by atoms with Crippen LogP contribution in [0.25, 0.3) is 0 Å². The van der Waals surface area contributed by atoms with Crippen LogP contribution in [0.2, 0.25) is 10.0 Å². The highest BCUT2D eigenvalue weighted by molar-refractivity contribution is 6.34. The molecule has 0 radical (unpaired) electrons. The van der Waals surface area contributed by atoms with Gasteiger partial charge in [0.25, 0.3) is 11.8 Å². The summed E-state index contributed by atoms with van der Waals surface area (Å²) in [6, 6.07) is 12.6. The Bertz CT molecular complexity index is 1040. The average molecular weight is 415 g/mol. The Hall–Kier alpha value is -2.83. The lowest BCUT2D eigenvalue weighted by Gasteiger charge is -2.35. The molecule has 0 bridgehead atoms. The van der Waals surface area contributed by atoms with Gasteiger partial charge in [-0.1, -0.05) is 35.3 Å². The number of benzene rings is 2. The zero-order valence-electron chi connectivity index (χ0n) is 15.0. The summed E-state index contributed by atoms with van der Waals surface area (Å²) in [5.74, 6) is 0.0948. The molecule has 8 heteroatoms. The minimum atomic E-state index is -0.290. The summed E-state index contributed by atoms with van der Waals surface area (Å²) in [7, 11) is 2.00. The molecule has 4 rings (SSSR count). The number of likely N-dealkylation sites (N-methyl/N-ethyl adjacent to an activating group) is 1. The maximum absolute atomic E-state index is 13.3. The number of amides is 1. The van der Waals surface area contributed by atoms with Gasteiger partial charge in [-0.25, -0.2) is 9.97 Å². The summed E-state index contributed by atoms with van der Waals surface area (Å²) in [5, 5.41) is 0.822. The van der Waals surface area contributed by atoms with Crippen LogP contribution in [-0.2, 0) is 0 Å². The molecular weight excluding hydrogens is 399 g/mol. The molecule has 0 N–H and O–H groups in total. The summed E-state index contributed by atoms with van der Waals surface area (Å²) in [5.41, 5.74) is 1.91. The topological polar surface area (TPSA) is 58.6 Å². The first-order valence-electron chi connectivity index (χ1n) is 8.60. The monoisotopic (exact) mass is 414 g/mol. The Morgan fingerprint density at radius 1 is 1.04 bits per heavy atom. The van der Waals surface area contributed by atoms with Gasteiger partial charge in [-0.2, -0.15) is 0 Å². The van der Waals surface area contributed by atoms with E-state index in [0.29, 0.717) is 28.9 Å². The molecule has 0 aliphatic carbocycles. The van der Waals surface area contributed by atoms with Crippen molar-refractivity contribution in [1.29, 1.82) is 0 Å². The predicted octanol–water partition coefficient (Wildman–Crippen LogP) is 4.67. The fourth-order valence-corrected chi connectivity index (χ4v) is 3.37. The predicted molar refractivity (Wildman–Crippen MR) is 110 cm³/mol. The number of fused-ring (bicyclic) bond motifs is 1. The minimum absolute atomic E-state index is 0.0769. The van der Waals surface area contributed by atoms with Crippen molar-refractivity contribution in [2.75, 3.05) is 29.9 Å². The van der Waals surface area contributed by atoms with E-state index in [9.17, 15) is 4.79 Å². The molecule has 0 spiro atoms. The summed E-state index contributed by atoms with van der Waals surface area (Å²) >= 11 is 12.2. The van der Waals surface area contributed by atoms with Crippen LogP contribution >= 0.6 is 23.2 Å². The van der Waals surface area contributed by atoms with Gasteiger partial charge in [-0.05, 0) is 24.3 Å². The van der Waals surface area contributed by atoms with Crippen molar-refractivity contribution in [2.45, 2.75) is 0 Å². The third-order valence-electron chi connectivity index (χ3n) is 4.46. The van der Waals surface area contributed by atoms with E-state index in [1.54, 1.807) is 23.1 Å². The lowest BCUT2D eigenvalue weighted by atomic mass is 10.1. The first-order chi connectivity index (χ1) is 13.5. The number of nitrogens with zero attached hydrogens (tertiary/aromatic N) is 4. The van der Waals surface area contributed by atoms with E-state index in [-0.39, 0.29) is 17.5 Å². The van der Waals surface area contributed by atoms with Crippen LogP contribution in [0.1, 0.15) is 10.5 Å². The molecule has 2 heterocycles. The molecule has 1 amide bonds. The molecule has 0 unspecified atom stereocenters. The standard InChI is InChI=1S/C20H16Cl2N4O2/c1-25-10-11-26(16-5-3-2-4-15(16)25)20(27)18-19(24-9-8-23-18)28-17-12-13(21)6-7-14(17)22/h2-9,12H,10-11H2,1H3. The normalized spacial score (nSPS) is 13.2. The van der Waals surface area contributed by atoms with Gasteiger partial charge in [0, 0.05) is 43.6 Å². The molecule has 2 aromatic carbocycles. The Labute approximate surface area is 172 Å². The molecule has 1 aliphatic rings. The fourth-order valence-electron chi connectivity index (χ4n) is 3.05. The Morgan fingerprint density at radius 3 is 2.61 bits per heavy atom. The van der Waals surface area contributed by atoms with E-state index in [2.05, 4.69) is 14.9 Å². The van der Waals surface area contributed by atoms with Crippen molar-refractivity contribution in [3.05, 3.63) is 70.6 Å². The highest BCUT2D eigenvalue weighted by Gasteiger charge is 2.29. The van der Waals surface area contributed by atoms with Gasteiger partial charge in [0.15, 0.2) is 5.69 Å². The van der Waals surface area contributed by atoms with E-state index >= 15 is 0 Å². The largest absolute Gasteiger partial charge is 0.435 e. The summed E-state index contributed by atoms with van der Waals surface area (Å²) in [6.45, 7) is 1.24. The second kappa shape index (κ2) is 7.66. The van der Waals surface area contributed by atoms with E-state index in [1.165, 1.54) is 12.4 Å². The summed E-state index contributed by atoms with van der Waals surface area (Å²) < 4.78 is 5.79. The molecule has 0 fully saturated rings. The number of anilines is 2. The van der Waals surface area contributed by atoms with E-state index < -0.39 is 0 Å². The molecular formula is C20H16Cl2N4O2. The second-order valence-corrected chi connectivity index (χ2v) is 7.10. The number of aromatic nitrogens is 2. The zero-order chi connectivity index (χ0) is 19.7. The molecule has 1 aromatic heterocycles. The van der Waals surface area contributed by atoms with Gasteiger partial charge in [0.05, 0.1) is 16.4 Å². The zero-order valence-corrected chi connectivity index (χ0v) is 16.5. The molecule has 142 valence electrons. The third-order valence-corrected chi connectivity index (χ3v) is 5.00. The van der Waals surface area contributed by atoms with E-state index in [1.807, 2.05) is 31.3 Å². The van der Waals surface area contributed by atoms with Crippen molar-refractivity contribution in [2.24, 2.45) is 0 Å². The van der Waals surface area contributed by atoms with Crippen LogP contribution in [0.15, 0.2) is 54.9 Å². The number of rotatable bonds is 3. The summed E-state index contributed by atoms with van der Waals surface area (Å²) in [6.07, 6.45) is 2.92. The van der Waals surface area contributed by atoms with Gasteiger partial charge in [-0.15, -0.1) is 0 Å². The van der Waals surface area contributed by atoms with Crippen molar-refractivity contribution in [3.63, 3.8) is 0 Å². The molecule has 3 aromatic rings. The highest BCUT2D eigenvalue weighted by atomic mass is 35.5. The van der Waals surface area contributed by atoms with Gasteiger partial charge in [0.2, 0.25) is 0 Å². The number of para-hydroxylation sites is 2. The second-order valence-electron chi connectivity index (χ2n) is 6.25. The maximum atomic E-state index is 13.3. The van der Waals surface area contributed by atoms with Gasteiger partial charge < -0.3 is 14.5 Å². The van der Waals surface area contributed by atoms with Crippen molar-refractivity contribution < 1.29 is 9.53 Å². The first kappa shape index (κ1) is 18.5. The van der Waals surface area contributed by atoms with Gasteiger partial charge in [0.1, 0.15) is 5.75 Å². The third kappa shape index (κ3) is 3.48. The van der Waals surface area contributed by atoms with Gasteiger partial charge >= 0.3 is 0 Å². The van der Waals surface area contributed by atoms with E-state index in [0.717, 1.165) is 11.4 Å². The van der Waals surface area contributed by atoms with E-state index in [4.69, 9.17) is 27.9 Å². The van der Waals surface area contributed by atoms with Gasteiger partial charge in [-0.3, -0.25) is 4.79 Å². The average Bonchev–Trinajstić information content (AvgIpc) is 2.71. The Kier molecular flexibility index (Phi) is 5.07. The van der Waals surface area contributed by atoms with Crippen LogP contribution in [0.3, 0.4) is 0 Å². The van der Waals surface area contributed by atoms with Crippen LogP contribution in [0.5, 0.6) is 11.6 Å². The smallest absolute Gasteiger partial charge is 0.282 e. The summed E-state index contributed by atoms with van der Waals surface area (Å²) in [4.78, 5) is 25.5. The van der Waals surface area contributed by atoms with Crippen LogP contribution < -0.4 is 14.5 Å². The minimum Gasteiger partial charge on any atom is -0.435 e. The molecule has 0 saturated carbocycles. The van der Waals surface area contributed by atoms with Crippen molar-refractivity contribution in [3.8, 4) is 11.6 Å². The lowest BCUT2D eigenvalue weighted by molar-refractivity contribution is 0.0978. The molecule has 1 aliphatic heterocycles. The SMILES string of the molecule is CN1CCN(C(=O)c2nccnc2Oc2cc(Cl)ccc2Cl)c2ccccc21. The maximum Gasteiger partial charge on any atom is 0.282 e. The quantitative estimate of drug-likeness (QED) is 0.622. The highest BCUT2D eigenvalue weighted by Crippen LogP contribution is 2.35. The number of hydrogen-bond donors (Lipinski definition) is 0. The molecule has 0 atom stereocenters. The van der Waals surface area contributed by atoms with Crippen LogP contribution in [-0.4, -0.2) is 36.0 Å². The van der Waals surface area contributed by atoms with Crippen LogP contribution in [0.4, 0.5) is 11.4 Å². The molecule has 6 nitrogen and oxygen atoms in total. The number of carbonyl (C=O) groups excluding carboxylic acids is 1. The lowest BCUT2D eigenvalue weighted by Crippen LogP contribution is -2.43. The Morgan fingerprint density at radius 2 is 1.79 bits per heavy atom. The molecule has 0 saturated heterocycles. The number of halogens is 2. The number of ether oxygens (including phenoxy) is 1. The number of hydrogen-bond acceptors (Lipinski definition) is 5. The molecule has 28 heavy (non-hydrogen) atoms.